The molecular formula is C13H8BrNO2. The van der Waals surface area contributed by atoms with Crippen LogP contribution in [0.2, 0.25) is 0 Å². The number of hydrogen-bond acceptors (Lipinski definition) is 3. The molecule has 1 aliphatic heterocycles. The number of hydrogen-bond donors (Lipinski definition) is 0. The zero-order valence-corrected chi connectivity index (χ0v) is 10.4. The maximum absolute atomic E-state index is 12.0. The molecule has 0 unspecified atom stereocenters. The van der Waals surface area contributed by atoms with E-state index in [9.17, 15) is 4.79 Å². The predicted molar refractivity (Wildman–Crippen MR) is 67.0 cm³/mol. The molecule has 2 aliphatic rings. The minimum Gasteiger partial charge on any atom is -0.438 e. The van der Waals surface area contributed by atoms with Crippen molar-refractivity contribution in [2.75, 3.05) is 0 Å². The molecule has 1 aromatic heterocycles. The molecule has 2 heterocycles. The van der Waals surface area contributed by atoms with E-state index in [1.165, 1.54) is 0 Å². The highest BCUT2D eigenvalue weighted by Crippen LogP contribution is 2.33. The SMILES string of the molecule is O=C1C=C2CC(Br)=CC=C2Oc2ncccc21. The van der Waals surface area contributed by atoms with Crippen molar-refractivity contribution in [1.29, 1.82) is 0 Å². The van der Waals surface area contributed by atoms with Gasteiger partial charge in [-0.1, -0.05) is 15.9 Å². The third-order valence-electron chi connectivity index (χ3n) is 2.64. The average molecular weight is 290 g/mol. The smallest absolute Gasteiger partial charge is 0.230 e. The van der Waals surface area contributed by atoms with Crippen LogP contribution < -0.4 is 4.74 Å². The molecule has 1 aromatic rings. The Morgan fingerprint density at radius 2 is 2.24 bits per heavy atom. The van der Waals surface area contributed by atoms with E-state index in [0.717, 1.165) is 10.1 Å². The summed E-state index contributed by atoms with van der Waals surface area (Å²) >= 11 is 3.42. The van der Waals surface area contributed by atoms with Crippen molar-refractivity contribution in [3.63, 3.8) is 0 Å². The molecule has 1 aliphatic carbocycles. The fourth-order valence-electron chi connectivity index (χ4n) is 1.82. The molecule has 0 fully saturated rings. The number of ether oxygens (including phenoxy) is 1. The number of carbonyl (C=O) groups is 1. The van der Waals surface area contributed by atoms with E-state index in [0.29, 0.717) is 23.6 Å². The van der Waals surface area contributed by atoms with Crippen LogP contribution in [0, 0.1) is 0 Å². The molecule has 0 radical (unpaired) electrons. The van der Waals surface area contributed by atoms with Crippen molar-refractivity contribution in [2.24, 2.45) is 0 Å². The molecule has 0 saturated heterocycles. The first kappa shape index (κ1) is 10.5. The van der Waals surface area contributed by atoms with E-state index < -0.39 is 0 Å². The molecule has 4 heteroatoms. The van der Waals surface area contributed by atoms with E-state index >= 15 is 0 Å². The summed E-state index contributed by atoms with van der Waals surface area (Å²) in [6, 6.07) is 3.46. The Labute approximate surface area is 107 Å². The summed E-state index contributed by atoms with van der Waals surface area (Å²) in [5, 5.41) is 0. The molecule has 0 amide bonds. The van der Waals surface area contributed by atoms with Crippen LogP contribution in [-0.2, 0) is 0 Å². The number of rotatable bonds is 0. The van der Waals surface area contributed by atoms with Crippen molar-refractivity contribution >= 4 is 21.7 Å². The number of aromatic nitrogens is 1. The average Bonchev–Trinajstić information content (AvgIpc) is 2.46. The lowest BCUT2D eigenvalue weighted by molar-refractivity contribution is 0.104. The Morgan fingerprint density at radius 1 is 1.35 bits per heavy atom. The van der Waals surface area contributed by atoms with Crippen LogP contribution in [0.4, 0.5) is 0 Å². The lowest BCUT2D eigenvalue weighted by atomic mass is 10.0. The molecule has 0 aromatic carbocycles. The Balaban J connectivity index is 2.14. The molecule has 3 rings (SSSR count). The largest absolute Gasteiger partial charge is 0.438 e. The summed E-state index contributed by atoms with van der Waals surface area (Å²) in [7, 11) is 0. The van der Waals surface area contributed by atoms with Gasteiger partial charge in [0, 0.05) is 18.2 Å². The van der Waals surface area contributed by atoms with Crippen molar-refractivity contribution in [3.8, 4) is 5.88 Å². The first-order chi connectivity index (χ1) is 8.24. The molecule has 3 nitrogen and oxygen atoms in total. The molecule has 0 N–H and O–H groups in total. The van der Waals surface area contributed by atoms with Gasteiger partial charge in [0.2, 0.25) is 5.88 Å². The van der Waals surface area contributed by atoms with Gasteiger partial charge in [-0.2, -0.15) is 0 Å². The lowest BCUT2D eigenvalue weighted by Crippen LogP contribution is -2.02. The Kier molecular flexibility index (Phi) is 2.44. The van der Waals surface area contributed by atoms with E-state index in [1.54, 1.807) is 24.4 Å². The minimum atomic E-state index is -0.0614. The van der Waals surface area contributed by atoms with Gasteiger partial charge in [-0.25, -0.2) is 4.98 Å². The van der Waals surface area contributed by atoms with Gasteiger partial charge in [-0.05, 0) is 34.8 Å². The van der Waals surface area contributed by atoms with Crippen molar-refractivity contribution < 1.29 is 9.53 Å². The van der Waals surface area contributed by atoms with Crippen LogP contribution in [-0.4, -0.2) is 10.8 Å². The van der Waals surface area contributed by atoms with Crippen molar-refractivity contribution in [2.45, 2.75) is 6.42 Å². The van der Waals surface area contributed by atoms with Gasteiger partial charge in [0.15, 0.2) is 5.78 Å². The van der Waals surface area contributed by atoms with Gasteiger partial charge >= 0.3 is 0 Å². The summed E-state index contributed by atoms with van der Waals surface area (Å²) in [6.07, 6.45) is 7.67. The first-order valence-electron chi connectivity index (χ1n) is 5.18. The Morgan fingerprint density at radius 3 is 3.12 bits per heavy atom. The van der Waals surface area contributed by atoms with E-state index in [4.69, 9.17) is 4.74 Å². The second-order valence-electron chi connectivity index (χ2n) is 3.81. The monoisotopic (exact) mass is 289 g/mol. The fraction of sp³-hybridized carbons (Fsp3) is 0.0769. The van der Waals surface area contributed by atoms with Crippen molar-refractivity contribution in [1.82, 2.24) is 4.98 Å². The molecule has 0 atom stereocenters. The zero-order valence-electron chi connectivity index (χ0n) is 8.81. The van der Waals surface area contributed by atoms with Gasteiger partial charge in [0.25, 0.3) is 0 Å². The molecule has 84 valence electrons. The van der Waals surface area contributed by atoms with Gasteiger partial charge in [0.1, 0.15) is 5.76 Å². The highest BCUT2D eigenvalue weighted by atomic mass is 79.9. The van der Waals surface area contributed by atoms with Crippen LogP contribution >= 0.6 is 15.9 Å². The van der Waals surface area contributed by atoms with Crippen LogP contribution in [0.25, 0.3) is 0 Å². The number of ketones is 1. The number of pyridine rings is 1. The van der Waals surface area contributed by atoms with E-state index in [1.807, 2.05) is 12.2 Å². The third-order valence-corrected chi connectivity index (χ3v) is 3.18. The van der Waals surface area contributed by atoms with Gasteiger partial charge < -0.3 is 4.74 Å². The number of carbonyl (C=O) groups excluding carboxylic acids is 1. The molecule has 0 saturated carbocycles. The summed E-state index contributed by atoms with van der Waals surface area (Å²) in [6.45, 7) is 0. The summed E-state index contributed by atoms with van der Waals surface area (Å²) < 4.78 is 6.71. The molecule has 0 bridgehead atoms. The van der Waals surface area contributed by atoms with Gasteiger partial charge in [-0.3, -0.25) is 4.79 Å². The van der Waals surface area contributed by atoms with Crippen LogP contribution in [0.15, 0.2) is 52.4 Å². The molecule has 17 heavy (non-hydrogen) atoms. The van der Waals surface area contributed by atoms with Crippen LogP contribution in [0.5, 0.6) is 5.88 Å². The highest BCUT2D eigenvalue weighted by Gasteiger charge is 2.22. The van der Waals surface area contributed by atoms with Gasteiger partial charge in [0.05, 0.1) is 5.56 Å². The normalized spacial score (nSPS) is 17.9. The molecular weight excluding hydrogens is 282 g/mol. The van der Waals surface area contributed by atoms with Crippen LogP contribution in [0.3, 0.4) is 0 Å². The topological polar surface area (TPSA) is 39.2 Å². The highest BCUT2D eigenvalue weighted by molar-refractivity contribution is 9.11. The van der Waals surface area contributed by atoms with Gasteiger partial charge in [-0.15, -0.1) is 0 Å². The quantitative estimate of drug-likeness (QED) is 0.736. The number of fused-ring (bicyclic) bond motifs is 2. The first-order valence-corrected chi connectivity index (χ1v) is 5.98. The van der Waals surface area contributed by atoms with E-state index in [-0.39, 0.29) is 5.78 Å². The zero-order chi connectivity index (χ0) is 11.8. The Hall–Kier alpha value is -1.68. The molecule has 0 spiro atoms. The summed E-state index contributed by atoms with van der Waals surface area (Å²) in [4.78, 5) is 16.1. The second kappa shape index (κ2) is 3.96. The summed E-state index contributed by atoms with van der Waals surface area (Å²) in [5.41, 5.74) is 1.38. The number of halogens is 1. The number of nitrogens with zero attached hydrogens (tertiary/aromatic N) is 1. The lowest BCUT2D eigenvalue weighted by Gasteiger charge is -2.13. The standard InChI is InChI=1S/C13H8BrNO2/c14-9-3-4-12-8(6-9)7-11(16)10-2-1-5-15-13(10)17-12/h1-5,7H,6H2. The fourth-order valence-corrected chi connectivity index (χ4v) is 2.26. The maximum atomic E-state index is 12.0. The van der Waals surface area contributed by atoms with E-state index in [2.05, 4.69) is 20.9 Å². The third kappa shape index (κ3) is 1.85. The van der Waals surface area contributed by atoms with Crippen molar-refractivity contribution in [3.05, 3.63) is 57.9 Å². The minimum absolute atomic E-state index is 0.0614. The Bertz CT molecular complexity index is 599. The maximum Gasteiger partial charge on any atom is 0.230 e. The second-order valence-corrected chi connectivity index (χ2v) is 4.83. The number of allylic oxidation sites excluding steroid dienone is 5. The predicted octanol–water partition coefficient (Wildman–Crippen LogP) is 3.15. The summed E-state index contributed by atoms with van der Waals surface area (Å²) in [5.74, 6) is 1.01. The van der Waals surface area contributed by atoms with Crippen LogP contribution in [0.1, 0.15) is 16.8 Å².